The van der Waals surface area contributed by atoms with E-state index in [1.807, 2.05) is 49.1 Å². The minimum atomic E-state index is -0.863. The molecule has 3 heterocycles. The van der Waals surface area contributed by atoms with Crippen LogP contribution in [0.15, 0.2) is 42.6 Å². The SMILES string of the molecule is CC(C)(CC(=O)O)CC(=O)N1CCC(N2CCCCCCOc3ccccc3Oc3ncccc3C2)CC1. The Bertz CT molecular complexity index is 1080. The van der Waals surface area contributed by atoms with Crippen LogP contribution in [0.4, 0.5) is 0 Å². The van der Waals surface area contributed by atoms with Crippen LogP contribution in [-0.2, 0) is 16.1 Å². The summed E-state index contributed by atoms with van der Waals surface area (Å²) < 4.78 is 12.3. The Morgan fingerprint density at radius 2 is 1.71 bits per heavy atom. The Kier molecular flexibility index (Phi) is 9.61. The predicted molar refractivity (Wildman–Crippen MR) is 145 cm³/mol. The van der Waals surface area contributed by atoms with Gasteiger partial charge >= 0.3 is 5.97 Å². The number of ether oxygens (including phenoxy) is 2. The van der Waals surface area contributed by atoms with Crippen molar-refractivity contribution in [3.8, 4) is 17.4 Å². The lowest BCUT2D eigenvalue weighted by atomic mass is 9.85. The van der Waals surface area contributed by atoms with Crippen molar-refractivity contribution in [3.05, 3.63) is 48.2 Å². The number of aliphatic carboxylic acids is 1. The Hall–Kier alpha value is -3.13. The molecule has 0 saturated carbocycles. The van der Waals surface area contributed by atoms with Crippen LogP contribution in [-0.4, -0.2) is 64.0 Å². The Morgan fingerprint density at radius 3 is 2.47 bits per heavy atom. The number of benzene rings is 1. The minimum Gasteiger partial charge on any atom is -0.490 e. The molecule has 8 heteroatoms. The van der Waals surface area contributed by atoms with Crippen LogP contribution >= 0.6 is 0 Å². The Balaban J connectivity index is 1.45. The van der Waals surface area contributed by atoms with E-state index in [9.17, 15) is 9.59 Å². The second-order valence-electron chi connectivity index (χ2n) is 11.3. The van der Waals surface area contributed by atoms with Gasteiger partial charge in [-0.25, -0.2) is 4.98 Å². The van der Waals surface area contributed by atoms with Crippen LogP contribution in [0, 0.1) is 5.41 Å². The lowest BCUT2D eigenvalue weighted by molar-refractivity contribution is -0.141. The van der Waals surface area contributed by atoms with E-state index in [2.05, 4.69) is 16.0 Å². The van der Waals surface area contributed by atoms with Crippen LogP contribution in [0.1, 0.15) is 70.8 Å². The number of likely N-dealkylation sites (tertiary alicyclic amines) is 1. The van der Waals surface area contributed by atoms with Gasteiger partial charge in [-0.15, -0.1) is 0 Å². The number of hydrogen-bond donors (Lipinski definition) is 1. The number of carboxylic acids is 1. The van der Waals surface area contributed by atoms with Crippen LogP contribution in [0.5, 0.6) is 17.4 Å². The van der Waals surface area contributed by atoms with Crippen molar-refractivity contribution >= 4 is 11.9 Å². The molecule has 2 aliphatic heterocycles. The van der Waals surface area contributed by atoms with E-state index in [0.717, 1.165) is 62.9 Å². The lowest BCUT2D eigenvalue weighted by Crippen LogP contribution is -2.47. The van der Waals surface area contributed by atoms with Gasteiger partial charge in [0.1, 0.15) is 0 Å². The fourth-order valence-electron chi connectivity index (χ4n) is 5.43. The molecule has 1 aromatic heterocycles. The molecule has 8 nitrogen and oxygen atoms in total. The molecular weight excluding hydrogens is 482 g/mol. The first-order chi connectivity index (χ1) is 18.3. The zero-order valence-electron chi connectivity index (χ0n) is 22.7. The zero-order valence-corrected chi connectivity index (χ0v) is 22.7. The Labute approximate surface area is 225 Å². The largest absolute Gasteiger partial charge is 0.490 e. The summed E-state index contributed by atoms with van der Waals surface area (Å²) in [5, 5.41) is 9.16. The summed E-state index contributed by atoms with van der Waals surface area (Å²) in [6, 6.07) is 12.1. The first-order valence-electron chi connectivity index (χ1n) is 13.9. The number of amides is 1. The molecule has 1 N–H and O–H groups in total. The van der Waals surface area contributed by atoms with Gasteiger partial charge in [0.25, 0.3) is 0 Å². The summed E-state index contributed by atoms with van der Waals surface area (Å²) >= 11 is 0. The molecule has 1 fully saturated rings. The summed E-state index contributed by atoms with van der Waals surface area (Å²) in [7, 11) is 0. The number of carbonyl (C=O) groups excluding carboxylic acids is 1. The highest BCUT2D eigenvalue weighted by atomic mass is 16.5. The molecule has 206 valence electrons. The molecule has 38 heavy (non-hydrogen) atoms. The smallest absolute Gasteiger partial charge is 0.303 e. The number of fused-ring (bicyclic) bond motifs is 2. The summed E-state index contributed by atoms with van der Waals surface area (Å²) in [6.45, 7) is 7.48. The third-order valence-corrected chi connectivity index (χ3v) is 7.47. The molecule has 2 aliphatic rings. The van der Waals surface area contributed by atoms with Crippen molar-refractivity contribution in [2.24, 2.45) is 5.41 Å². The third kappa shape index (κ3) is 7.93. The van der Waals surface area contributed by atoms with Crippen molar-refractivity contribution in [2.45, 2.75) is 77.8 Å². The van der Waals surface area contributed by atoms with Crippen molar-refractivity contribution < 1.29 is 24.2 Å². The third-order valence-electron chi connectivity index (χ3n) is 7.47. The average molecular weight is 524 g/mol. The minimum absolute atomic E-state index is 0.00486. The molecule has 1 saturated heterocycles. The number of carboxylic acid groups (broad SMARTS) is 1. The van der Waals surface area contributed by atoms with E-state index in [1.54, 1.807) is 6.20 Å². The number of rotatable bonds is 5. The molecule has 0 atom stereocenters. The first-order valence-corrected chi connectivity index (χ1v) is 13.9. The van der Waals surface area contributed by atoms with E-state index < -0.39 is 11.4 Å². The normalized spacial score (nSPS) is 18.3. The van der Waals surface area contributed by atoms with E-state index in [1.165, 1.54) is 0 Å². The summed E-state index contributed by atoms with van der Waals surface area (Å²) in [5.41, 5.74) is 0.489. The van der Waals surface area contributed by atoms with Gasteiger partial charge in [0, 0.05) is 43.9 Å². The summed E-state index contributed by atoms with van der Waals surface area (Å²) in [6.07, 6.45) is 8.19. The number of piperidine rings is 1. The van der Waals surface area contributed by atoms with Gasteiger partial charge in [0.05, 0.1) is 13.0 Å². The second-order valence-corrected chi connectivity index (χ2v) is 11.3. The lowest BCUT2D eigenvalue weighted by Gasteiger charge is -2.39. The van der Waals surface area contributed by atoms with Gasteiger partial charge in [-0.2, -0.15) is 0 Å². The molecule has 0 spiro atoms. The predicted octanol–water partition coefficient (Wildman–Crippen LogP) is 5.51. The molecule has 0 aliphatic carbocycles. The van der Waals surface area contributed by atoms with Gasteiger partial charge in [-0.1, -0.05) is 44.9 Å². The van der Waals surface area contributed by atoms with Crippen LogP contribution in [0.3, 0.4) is 0 Å². The number of carbonyl (C=O) groups is 2. The van der Waals surface area contributed by atoms with Gasteiger partial charge < -0.3 is 19.5 Å². The van der Waals surface area contributed by atoms with Gasteiger partial charge in [-0.3, -0.25) is 14.5 Å². The number of aromatic nitrogens is 1. The maximum absolute atomic E-state index is 12.9. The zero-order chi connectivity index (χ0) is 27.0. The summed E-state index contributed by atoms with van der Waals surface area (Å²) in [5.74, 6) is 1.20. The van der Waals surface area contributed by atoms with Crippen molar-refractivity contribution in [3.63, 3.8) is 0 Å². The monoisotopic (exact) mass is 523 g/mol. The molecule has 4 rings (SSSR count). The molecular formula is C30H41N3O5. The molecule has 0 radical (unpaired) electrons. The highest BCUT2D eigenvalue weighted by Crippen LogP contribution is 2.33. The van der Waals surface area contributed by atoms with Gasteiger partial charge in [0.2, 0.25) is 11.8 Å². The topological polar surface area (TPSA) is 92.2 Å². The quantitative estimate of drug-likeness (QED) is 0.552. The van der Waals surface area contributed by atoms with Crippen LogP contribution in [0.2, 0.25) is 0 Å². The van der Waals surface area contributed by atoms with E-state index in [4.69, 9.17) is 14.6 Å². The summed E-state index contributed by atoms with van der Waals surface area (Å²) in [4.78, 5) is 33.1. The molecule has 0 unspecified atom stereocenters. The maximum Gasteiger partial charge on any atom is 0.303 e. The second kappa shape index (κ2) is 13.1. The number of hydrogen-bond acceptors (Lipinski definition) is 6. The standard InChI is InChI=1S/C30H41N3O5/c1-30(2,21-28(35)36)20-27(34)32-17-13-24(14-18-32)33-16-7-3-4-8-19-37-25-11-5-6-12-26(25)38-29-23(22-33)10-9-15-31-29/h5-6,9-12,15,24H,3-4,7-8,13-14,16-22H2,1-2H3,(H,35,36). The highest BCUT2D eigenvalue weighted by Gasteiger charge is 2.31. The van der Waals surface area contributed by atoms with Crippen molar-refractivity contribution in [2.75, 3.05) is 26.2 Å². The fraction of sp³-hybridized carbons (Fsp3) is 0.567. The number of nitrogens with zero attached hydrogens (tertiary/aromatic N) is 3. The number of pyridine rings is 1. The number of para-hydroxylation sites is 2. The average Bonchev–Trinajstić information content (AvgIpc) is 2.88. The fourth-order valence-corrected chi connectivity index (χ4v) is 5.43. The van der Waals surface area contributed by atoms with Gasteiger partial charge in [-0.05, 0) is 55.8 Å². The maximum atomic E-state index is 12.9. The first kappa shape index (κ1) is 27.9. The van der Waals surface area contributed by atoms with Crippen molar-refractivity contribution in [1.82, 2.24) is 14.8 Å². The van der Waals surface area contributed by atoms with Crippen LogP contribution < -0.4 is 9.47 Å². The van der Waals surface area contributed by atoms with E-state index >= 15 is 0 Å². The molecule has 1 amide bonds. The van der Waals surface area contributed by atoms with Crippen molar-refractivity contribution in [1.29, 1.82) is 0 Å². The van der Waals surface area contributed by atoms with Crippen LogP contribution in [0.25, 0.3) is 0 Å². The van der Waals surface area contributed by atoms with E-state index in [-0.39, 0.29) is 18.7 Å². The van der Waals surface area contributed by atoms with E-state index in [0.29, 0.717) is 37.4 Å². The molecule has 1 aromatic carbocycles. The molecule has 2 aromatic rings. The highest BCUT2D eigenvalue weighted by molar-refractivity contribution is 5.78. The molecule has 0 bridgehead atoms. The van der Waals surface area contributed by atoms with Gasteiger partial charge in [0.15, 0.2) is 11.5 Å². The Morgan fingerprint density at radius 1 is 0.974 bits per heavy atom.